The lowest BCUT2D eigenvalue weighted by atomic mass is 9.83. The highest BCUT2D eigenvalue weighted by Gasteiger charge is 2.47. The second-order valence-corrected chi connectivity index (χ2v) is 11.8. The zero-order chi connectivity index (χ0) is 28.1. The van der Waals surface area contributed by atoms with Crippen LogP contribution in [-0.4, -0.2) is 47.5 Å². The van der Waals surface area contributed by atoms with Crippen LogP contribution in [0.2, 0.25) is 5.02 Å². The van der Waals surface area contributed by atoms with Gasteiger partial charge < -0.3 is 24.7 Å². The van der Waals surface area contributed by atoms with E-state index in [-0.39, 0.29) is 22.1 Å². The third kappa shape index (κ3) is 5.25. The lowest BCUT2D eigenvalue weighted by Crippen LogP contribution is -2.49. The number of aromatic nitrogens is 1. The molecule has 5 rings (SSSR count). The summed E-state index contributed by atoms with van der Waals surface area (Å²) in [7, 11) is 0. The largest absolute Gasteiger partial charge is 0.448 e. The minimum atomic E-state index is -2.42. The van der Waals surface area contributed by atoms with E-state index in [1.807, 2.05) is 6.92 Å². The molecule has 0 spiro atoms. The molecule has 3 aliphatic rings. The number of H-pyrrole nitrogens is 1. The Kier molecular flexibility index (Phi) is 6.81. The van der Waals surface area contributed by atoms with Gasteiger partial charge in [-0.3, -0.25) is 9.59 Å². The summed E-state index contributed by atoms with van der Waals surface area (Å²) in [5.41, 5.74) is 0.562. The monoisotopic (exact) mass is 547 g/mol. The maximum Gasteiger partial charge on any atom is 0.254 e. The molecule has 1 aromatic carbocycles. The molecule has 2 aromatic rings. The molecule has 200 valence electrons. The maximum absolute atomic E-state index is 13.4. The molecule has 1 aromatic heterocycles. The van der Waals surface area contributed by atoms with Crippen LogP contribution in [0.5, 0.6) is 11.5 Å². The minimum absolute atomic E-state index is 0.144. The van der Waals surface area contributed by atoms with E-state index in [4.69, 9.17) is 23.8 Å². The van der Waals surface area contributed by atoms with Crippen molar-refractivity contribution >= 4 is 29.3 Å². The van der Waals surface area contributed by atoms with Gasteiger partial charge in [-0.1, -0.05) is 18.0 Å². The first-order chi connectivity index (χ1) is 18.4. The van der Waals surface area contributed by atoms with Gasteiger partial charge >= 0.3 is 0 Å². The molecule has 3 heterocycles. The molecule has 37 heavy (non-hydrogen) atoms. The number of halogens is 1. The van der Waals surface area contributed by atoms with Crippen LogP contribution in [0.4, 0.5) is 0 Å². The van der Waals surface area contributed by atoms with Crippen molar-refractivity contribution in [3.8, 4) is 11.5 Å². The van der Waals surface area contributed by atoms with Crippen LogP contribution < -0.4 is 20.3 Å². The van der Waals surface area contributed by atoms with Crippen LogP contribution in [0.1, 0.15) is 68.9 Å². The first-order valence-corrected chi connectivity index (χ1v) is 14.6. The summed E-state index contributed by atoms with van der Waals surface area (Å²) in [6.07, 6.45) is 7.69. The Hall–Kier alpha value is -2.16. The number of hydrogen-bond acceptors (Lipinski definition) is 6. The molecule has 2 aliphatic heterocycles. The average Bonchev–Trinajstić information content (AvgIpc) is 3.22. The summed E-state index contributed by atoms with van der Waals surface area (Å²) >= 11 is 7.84. The number of pyridine rings is 1. The topological polar surface area (TPSA) is 83.7 Å². The number of likely N-dealkylation sites (tertiary alicyclic amines) is 1. The number of aryl methyl sites for hydroxylation is 1. The van der Waals surface area contributed by atoms with E-state index in [0.29, 0.717) is 27.7 Å². The normalized spacial score (nSPS) is 23.4. The predicted molar refractivity (Wildman–Crippen MR) is 147 cm³/mol. The molecule has 7 nitrogen and oxygen atoms in total. The second-order valence-electron chi connectivity index (χ2n) is 10.6. The standard InChI is InChI=1S/C28H36ClN3O4S/c1-16-12-23(37-4)21(27(34)31-16)14-30-26(33)20-13-22(29)25-24(17(20)2)35-28(3,36-25)19-8-10-32(11-9-19)15-18-6-5-7-18/h12-13,18-19H,5-11,14-15H2,1-4H3,(H,30,33)(H,31,34)/t28-/m1/s1/i14D2. The number of fused-ring (bicyclic) bond motifs is 1. The Balaban J connectivity index is 1.34. The van der Waals surface area contributed by atoms with Gasteiger partial charge in [-0.05, 0) is 76.9 Å². The van der Waals surface area contributed by atoms with Gasteiger partial charge in [0.15, 0.2) is 11.5 Å². The van der Waals surface area contributed by atoms with Crippen LogP contribution in [0.15, 0.2) is 21.8 Å². The third-order valence-electron chi connectivity index (χ3n) is 8.02. The van der Waals surface area contributed by atoms with E-state index in [9.17, 15) is 9.59 Å². The highest BCUT2D eigenvalue weighted by atomic mass is 35.5. The van der Waals surface area contributed by atoms with E-state index in [2.05, 4.69) is 15.2 Å². The van der Waals surface area contributed by atoms with Crippen LogP contribution in [-0.2, 0) is 6.50 Å². The molecule has 2 fully saturated rings. The number of nitrogens with zero attached hydrogens (tertiary/aromatic N) is 1. The molecule has 9 heteroatoms. The smallest absolute Gasteiger partial charge is 0.254 e. The second kappa shape index (κ2) is 10.5. The molecule has 1 aliphatic carbocycles. The van der Waals surface area contributed by atoms with Crippen molar-refractivity contribution in [1.82, 2.24) is 15.2 Å². The molecule has 1 amide bonds. The van der Waals surface area contributed by atoms with Crippen LogP contribution in [0, 0.1) is 25.7 Å². The fourth-order valence-electron chi connectivity index (χ4n) is 5.55. The first kappa shape index (κ1) is 23.9. The van der Waals surface area contributed by atoms with Crippen LogP contribution >= 0.6 is 23.4 Å². The predicted octanol–water partition coefficient (Wildman–Crippen LogP) is 5.30. The van der Waals surface area contributed by atoms with Gasteiger partial charge in [0.1, 0.15) is 0 Å². The summed E-state index contributed by atoms with van der Waals surface area (Å²) in [6.45, 7) is 6.16. The number of carbonyl (C=O) groups is 1. The van der Waals surface area contributed by atoms with Crippen molar-refractivity contribution in [2.75, 3.05) is 25.9 Å². The minimum Gasteiger partial charge on any atom is -0.448 e. The molecule has 2 N–H and O–H groups in total. The zero-order valence-electron chi connectivity index (χ0n) is 23.8. The Morgan fingerprint density at radius 1 is 1.24 bits per heavy atom. The molecule has 0 radical (unpaired) electrons. The van der Waals surface area contributed by atoms with E-state index in [1.165, 1.54) is 43.6 Å². The summed E-state index contributed by atoms with van der Waals surface area (Å²) in [5, 5.41) is 2.62. The van der Waals surface area contributed by atoms with Gasteiger partial charge in [-0.15, -0.1) is 11.8 Å². The third-order valence-corrected chi connectivity index (χ3v) is 9.06. The van der Waals surface area contributed by atoms with Gasteiger partial charge in [0.2, 0.25) is 0 Å². The molecule has 1 atom stereocenters. The van der Waals surface area contributed by atoms with E-state index in [1.54, 1.807) is 26.2 Å². The SMILES string of the molecule is [2H]C([2H])(NC(=O)c1cc(Cl)c2c(c1C)O[C@@](C)(C1CCN(CC3CCC3)CC1)O2)c1c(SC)cc(C)[nH]c1=O. The highest BCUT2D eigenvalue weighted by Crippen LogP contribution is 2.51. The molecule has 0 unspecified atom stereocenters. The van der Waals surface area contributed by atoms with Crippen molar-refractivity contribution in [1.29, 1.82) is 0 Å². The molecule has 0 bridgehead atoms. The number of carbonyl (C=O) groups excluding carboxylic acids is 1. The number of hydrogen-bond donors (Lipinski definition) is 2. The number of amides is 1. The number of piperidine rings is 1. The Bertz CT molecular complexity index is 1340. The van der Waals surface area contributed by atoms with Crippen LogP contribution in [0.25, 0.3) is 0 Å². The summed E-state index contributed by atoms with van der Waals surface area (Å²) in [6, 6.07) is 3.17. The lowest BCUT2D eigenvalue weighted by Gasteiger charge is -2.40. The molecule has 1 saturated heterocycles. The zero-order valence-corrected chi connectivity index (χ0v) is 23.4. The van der Waals surface area contributed by atoms with Gasteiger partial charge in [-0.2, -0.15) is 0 Å². The van der Waals surface area contributed by atoms with E-state index < -0.39 is 23.8 Å². The summed E-state index contributed by atoms with van der Waals surface area (Å²) < 4.78 is 29.9. The number of nitrogens with one attached hydrogen (secondary N) is 2. The van der Waals surface area contributed by atoms with Gasteiger partial charge in [0.05, 0.1) is 7.76 Å². The van der Waals surface area contributed by atoms with E-state index >= 15 is 0 Å². The average molecular weight is 548 g/mol. The van der Waals surface area contributed by atoms with Gasteiger partial charge in [0, 0.05) is 53.2 Å². The maximum atomic E-state index is 13.4. The fraction of sp³-hybridized carbons (Fsp3) is 0.571. The summed E-state index contributed by atoms with van der Waals surface area (Å²) in [4.78, 5) is 31.6. The molecular weight excluding hydrogens is 510 g/mol. The van der Waals surface area contributed by atoms with Crippen molar-refractivity contribution in [2.45, 2.75) is 70.1 Å². The van der Waals surface area contributed by atoms with Crippen molar-refractivity contribution in [3.63, 3.8) is 0 Å². The highest BCUT2D eigenvalue weighted by molar-refractivity contribution is 7.98. The first-order valence-electron chi connectivity index (χ1n) is 14.0. The number of thioether (sulfide) groups is 1. The quantitative estimate of drug-likeness (QED) is 0.458. The Labute approximate surface area is 230 Å². The van der Waals surface area contributed by atoms with E-state index in [0.717, 1.165) is 31.8 Å². The molecular formula is C28H36ClN3O4S. The van der Waals surface area contributed by atoms with Gasteiger partial charge in [-0.25, -0.2) is 0 Å². The Morgan fingerprint density at radius 2 is 1.95 bits per heavy atom. The molecule has 1 saturated carbocycles. The number of ether oxygens (including phenoxy) is 2. The van der Waals surface area contributed by atoms with Crippen molar-refractivity contribution in [2.24, 2.45) is 11.8 Å². The lowest BCUT2D eigenvalue weighted by molar-refractivity contribution is -0.125. The fourth-order valence-corrected chi connectivity index (χ4v) is 6.43. The summed E-state index contributed by atoms with van der Waals surface area (Å²) in [5.74, 6) is 0.233. The number of benzene rings is 1. The van der Waals surface area contributed by atoms with Crippen LogP contribution in [0.3, 0.4) is 0 Å². The number of rotatable bonds is 7. The Morgan fingerprint density at radius 3 is 2.59 bits per heavy atom. The van der Waals surface area contributed by atoms with Crippen molar-refractivity contribution < 1.29 is 17.0 Å². The number of aromatic amines is 1. The van der Waals surface area contributed by atoms with Gasteiger partial charge in [0.25, 0.3) is 17.3 Å². The van der Waals surface area contributed by atoms with Crippen molar-refractivity contribution in [3.05, 3.63) is 49.9 Å².